The first-order valence-electron chi connectivity index (χ1n) is 6.07. The van der Waals surface area contributed by atoms with Gasteiger partial charge in [0.05, 0.1) is 0 Å². The first-order valence-corrected chi connectivity index (χ1v) is 6.07. The molecule has 1 aromatic rings. The molecule has 18 heavy (non-hydrogen) atoms. The van der Waals surface area contributed by atoms with Crippen LogP contribution in [0.3, 0.4) is 0 Å². The Morgan fingerprint density at radius 2 is 1.89 bits per heavy atom. The summed E-state index contributed by atoms with van der Waals surface area (Å²) in [7, 11) is 0. The van der Waals surface area contributed by atoms with Crippen molar-refractivity contribution in [1.29, 1.82) is 0 Å². The van der Waals surface area contributed by atoms with Crippen LogP contribution in [-0.2, 0) is 4.79 Å². The van der Waals surface area contributed by atoms with E-state index in [0.717, 1.165) is 0 Å². The van der Waals surface area contributed by atoms with Crippen LogP contribution < -0.4 is 15.8 Å². The van der Waals surface area contributed by atoms with Crippen LogP contribution in [0.5, 0.6) is 5.75 Å². The summed E-state index contributed by atoms with van der Waals surface area (Å²) in [5, 5.41) is 2.91. The Morgan fingerprint density at radius 3 is 2.39 bits per heavy atom. The predicted octanol–water partition coefficient (Wildman–Crippen LogP) is 2.20. The largest absolute Gasteiger partial charge is 0.484 e. The van der Waals surface area contributed by atoms with Gasteiger partial charge in [0.2, 0.25) is 0 Å². The number of hydrogen-bond donors (Lipinski definition) is 2. The molecule has 1 aromatic carbocycles. The summed E-state index contributed by atoms with van der Waals surface area (Å²) in [6.45, 7) is 8.25. The molecule has 1 atom stereocenters. The summed E-state index contributed by atoms with van der Waals surface area (Å²) in [5.74, 6) is 0.525. The summed E-state index contributed by atoms with van der Waals surface area (Å²) in [6, 6.07) is 7.07. The van der Waals surface area contributed by atoms with E-state index < -0.39 is 0 Å². The molecular formula is C14H22N2O2. The molecule has 0 spiro atoms. The molecular weight excluding hydrogens is 228 g/mol. The first kappa shape index (κ1) is 14.4. The van der Waals surface area contributed by atoms with Crippen molar-refractivity contribution in [3.63, 3.8) is 0 Å². The molecule has 0 bridgehead atoms. The lowest BCUT2D eigenvalue weighted by molar-refractivity contribution is -0.124. The third-order valence-corrected chi connectivity index (χ3v) is 2.93. The average Bonchev–Trinajstić information content (AvgIpc) is 2.27. The van der Waals surface area contributed by atoms with Gasteiger partial charge in [-0.15, -0.1) is 0 Å². The lowest BCUT2D eigenvalue weighted by Gasteiger charge is -2.28. The highest BCUT2D eigenvalue weighted by atomic mass is 16.5. The molecule has 100 valence electrons. The van der Waals surface area contributed by atoms with Gasteiger partial charge in [0.25, 0.3) is 5.91 Å². The van der Waals surface area contributed by atoms with Crippen molar-refractivity contribution < 1.29 is 9.53 Å². The Kier molecular flexibility index (Phi) is 4.59. The first-order chi connectivity index (χ1) is 8.29. The van der Waals surface area contributed by atoms with E-state index in [4.69, 9.17) is 10.5 Å². The number of nitrogens with two attached hydrogens (primary N) is 1. The third kappa shape index (κ3) is 4.65. The number of carbonyl (C=O) groups is 1. The zero-order valence-electron chi connectivity index (χ0n) is 11.5. The quantitative estimate of drug-likeness (QED) is 0.805. The number of rotatable bonds is 4. The van der Waals surface area contributed by atoms with Crippen LogP contribution in [0.15, 0.2) is 24.3 Å². The van der Waals surface area contributed by atoms with Crippen LogP contribution in [0, 0.1) is 5.41 Å². The highest BCUT2D eigenvalue weighted by Gasteiger charge is 2.21. The lowest BCUT2D eigenvalue weighted by Crippen LogP contribution is -2.43. The van der Waals surface area contributed by atoms with Crippen molar-refractivity contribution in [2.45, 2.75) is 33.7 Å². The second-order valence-electron chi connectivity index (χ2n) is 5.51. The summed E-state index contributed by atoms with van der Waals surface area (Å²) in [6.07, 6.45) is 0. The van der Waals surface area contributed by atoms with Crippen molar-refractivity contribution in [3.05, 3.63) is 24.3 Å². The topological polar surface area (TPSA) is 64.3 Å². The molecule has 4 heteroatoms. The van der Waals surface area contributed by atoms with Crippen LogP contribution in [-0.4, -0.2) is 18.6 Å². The maximum absolute atomic E-state index is 11.7. The van der Waals surface area contributed by atoms with E-state index in [1.807, 2.05) is 6.92 Å². The van der Waals surface area contributed by atoms with E-state index in [1.54, 1.807) is 24.3 Å². The number of carbonyl (C=O) groups excluding carboxylic acids is 1. The van der Waals surface area contributed by atoms with E-state index >= 15 is 0 Å². The van der Waals surface area contributed by atoms with Gasteiger partial charge < -0.3 is 15.8 Å². The van der Waals surface area contributed by atoms with Gasteiger partial charge in [0.15, 0.2) is 6.61 Å². The Balaban J connectivity index is 2.40. The van der Waals surface area contributed by atoms with Crippen molar-refractivity contribution in [2.75, 3.05) is 12.3 Å². The summed E-state index contributed by atoms with van der Waals surface area (Å²) in [5.41, 5.74) is 6.27. The molecule has 0 heterocycles. The molecule has 3 N–H and O–H groups in total. The average molecular weight is 250 g/mol. The van der Waals surface area contributed by atoms with E-state index in [1.165, 1.54) is 0 Å². The number of benzene rings is 1. The second kappa shape index (κ2) is 5.76. The fourth-order valence-corrected chi connectivity index (χ4v) is 1.21. The summed E-state index contributed by atoms with van der Waals surface area (Å²) < 4.78 is 5.37. The molecule has 1 rings (SSSR count). The second-order valence-corrected chi connectivity index (χ2v) is 5.51. The molecule has 0 radical (unpaired) electrons. The van der Waals surface area contributed by atoms with Gasteiger partial charge in [0.1, 0.15) is 5.75 Å². The molecule has 0 saturated carbocycles. The predicted molar refractivity (Wildman–Crippen MR) is 73.4 cm³/mol. The van der Waals surface area contributed by atoms with Crippen molar-refractivity contribution in [2.24, 2.45) is 5.41 Å². The monoisotopic (exact) mass is 250 g/mol. The fraction of sp³-hybridized carbons (Fsp3) is 0.500. The molecule has 1 amide bonds. The van der Waals surface area contributed by atoms with Gasteiger partial charge >= 0.3 is 0 Å². The van der Waals surface area contributed by atoms with Crippen LogP contribution in [0.4, 0.5) is 5.69 Å². The highest BCUT2D eigenvalue weighted by molar-refractivity contribution is 5.77. The van der Waals surface area contributed by atoms with Crippen molar-refractivity contribution in [3.8, 4) is 5.75 Å². The number of nitrogen functional groups attached to an aromatic ring is 1. The van der Waals surface area contributed by atoms with Gasteiger partial charge in [-0.1, -0.05) is 20.8 Å². The van der Waals surface area contributed by atoms with E-state index in [-0.39, 0.29) is 24.0 Å². The van der Waals surface area contributed by atoms with E-state index in [2.05, 4.69) is 26.1 Å². The van der Waals surface area contributed by atoms with Crippen molar-refractivity contribution >= 4 is 11.6 Å². The highest BCUT2D eigenvalue weighted by Crippen LogP contribution is 2.18. The zero-order chi connectivity index (χ0) is 13.8. The van der Waals surface area contributed by atoms with E-state index in [9.17, 15) is 4.79 Å². The van der Waals surface area contributed by atoms with Crippen molar-refractivity contribution in [1.82, 2.24) is 5.32 Å². The lowest BCUT2D eigenvalue weighted by atomic mass is 9.88. The zero-order valence-corrected chi connectivity index (χ0v) is 11.5. The number of anilines is 1. The molecule has 0 fully saturated rings. The summed E-state index contributed by atoms with van der Waals surface area (Å²) in [4.78, 5) is 11.7. The maximum atomic E-state index is 11.7. The van der Waals surface area contributed by atoms with Crippen LogP contribution in [0.25, 0.3) is 0 Å². The number of amides is 1. The minimum atomic E-state index is -0.116. The van der Waals surface area contributed by atoms with Gasteiger partial charge in [0, 0.05) is 11.7 Å². The Bertz CT molecular complexity index is 393. The Morgan fingerprint density at radius 1 is 1.33 bits per heavy atom. The summed E-state index contributed by atoms with van der Waals surface area (Å²) >= 11 is 0. The molecule has 0 aliphatic rings. The number of hydrogen-bond acceptors (Lipinski definition) is 3. The number of ether oxygens (including phenoxy) is 1. The normalized spacial score (nSPS) is 12.9. The fourth-order valence-electron chi connectivity index (χ4n) is 1.21. The van der Waals surface area contributed by atoms with Crippen LogP contribution in [0.2, 0.25) is 0 Å². The van der Waals surface area contributed by atoms with Crippen LogP contribution in [0.1, 0.15) is 27.7 Å². The van der Waals surface area contributed by atoms with Gasteiger partial charge in [-0.05, 0) is 36.6 Å². The smallest absolute Gasteiger partial charge is 0.258 e. The molecule has 0 aromatic heterocycles. The van der Waals surface area contributed by atoms with Gasteiger partial charge in [-0.25, -0.2) is 0 Å². The van der Waals surface area contributed by atoms with Crippen LogP contribution >= 0.6 is 0 Å². The molecule has 0 aliphatic carbocycles. The standard InChI is InChI=1S/C14H22N2O2/c1-10(14(2,3)4)16-13(17)9-18-12-7-5-11(15)6-8-12/h5-8,10H,9,15H2,1-4H3,(H,16,17). The van der Waals surface area contributed by atoms with Gasteiger partial charge in [-0.3, -0.25) is 4.79 Å². The Labute approximate surface area is 109 Å². The molecule has 1 unspecified atom stereocenters. The minimum absolute atomic E-state index is 0.0182. The molecule has 0 aliphatic heterocycles. The SMILES string of the molecule is CC(NC(=O)COc1ccc(N)cc1)C(C)(C)C. The van der Waals surface area contributed by atoms with E-state index in [0.29, 0.717) is 11.4 Å². The minimum Gasteiger partial charge on any atom is -0.484 e. The molecule has 4 nitrogen and oxygen atoms in total. The van der Waals surface area contributed by atoms with Gasteiger partial charge in [-0.2, -0.15) is 0 Å². The molecule has 0 saturated heterocycles. The maximum Gasteiger partial charge on any atom is 0.258 e. The third-order valence-electron chi connectivity index (χ3n) is 2.93. The Hall–Kier alpha value is -1.71. The number of nitrogens with one attached hydrogen (secondary N) is 1.